The molecular weight excluding hydrogens is 479 g/mol. The van der Waals surface area contributed by atoms with Gasteiger partial charge in [-0.15, -0.1) is 0 Å². The molecule has 1 amide bonds. The van der Waals surface area contributed by atoms with E-state index < -0.39 is 41.3 Å². The van der Waals surface area contributed by atoms with E-state index in [0.29, 0.717) is 31.7 Å². The zero-order valence-electron chi connectivity index (χ0n) is 19.4. The van der Waals surface area contributed by atoms with E-state index in [9.17, 15) is 35.5 Å². The zero-order chi connectivity index (χ0) is 26.1. The first-order valence-electron chi connectivity index (χ1n) is 11.4. The normalized spacial score (nSPS) is 17.4. The zero-order valence-corrected chi connectivity index (χ0v) is 19.4. The maximum absolute atomic E-state index is 13.3. The molecule has 2 rings (SSSR count). The fourth-order valence-electron chi connectivity index (χ4n) is 3.66. The molecule has 0 bridgehead atoms. The van der Waals surface area contributed by atoms with Gasteiger partial charge in [0.05, 0.1) is 5.57 Å². The highest BCUT2D eigenvalue weighted by Crippen LogP contribution is 2.32. The van der Waals surface area contributed by atoms with Crippen LogP contribution in [0.4, 0.5) is 30.7 Å². The van der Waals surface area contributed by atoms with Crippen LogP contribution in [-0.2, 0) is 4.79 Å². The Kier molecular flexibility index (Phi) is 10.8. The molecule has 0 spiro atoms. The lowest BCUT2D eigenvalue weighted by Gasteiger charge is -2.27. The molecule has 1 saturated heterocycles. The lowest BCUT2D eigenvalue weighted by atomic mass is 10.1. The second kappa shape index (κ2) is 13.1. The summed E-state index contributed by atoms with van der Waals surface area (Å²) in [6.07, 6.45) is -6.12. The number of likely N-dealkylation sites (tertiary alicyclic amines) is 1. The minimum Gasteiger partial charge on any atom is -0.354 e. The first-order valence-corrected chi connectivity index (χ1v) is 11.4. The third-order valence-electron chi connectivity index (χ3n) is 5.64. The van der Waals surface area contributed by atoms with Crippen molar-refractivity contribution >= 4 is 5.91 Å². The number of halogens is 7. The van der Waals surface area contributed by atoms with E-state index in [4.69, 9.17) is 0 Å². The van der Waals surface area contributed by atoms with Crippen molar-refractivity contribution in [2.75, 3.05) is 32.7 Å². The number of piperidine rings is 1. The van der Waals surface area contributed by atoms with Gasteiger partial charge in [-0.25, -0.2) is 4.39 Å². The molecule has 11 heteroatoms. The largest absolute Gasteiger partial charge is 0.416 e. The summed E-state index contributed by atoms with van der Waals surface area (Å²) >= 11 is 0. The van der Waals surface area contributed by atoms with Gasteiger partial charge < -0.3 is 15.5 Å². The van der Waals surface area contributed by atoms with E-state index in [0.717, 1.165) is 25.9 Å². The smallest absolute Gasteiger partial charge is 0.354 e. The van der Waals surface area contributed by atoms with Crippen molar-refractivity contribution in [1.29, 1.82) is 0 Å². The fourth-order valence-corrected chi connectivity index (χ4v) is 3.66. The number of hydrogen-bond acceptors (Lipinski definition) is 3. The number of nitrogens with zero attached hydrogens (tertiary/aromatic N) is 1. The minimum atomic E-state index is -4.97. The van der Waals surface area contributed by atoms with Gasteiger partial charge in [-0.2, -0.15) is 26.3 Å². The Morgan fingerprint density at radius 3 is 2.20 bits per heavy atom. The second-order valence-corrected chi connectivity index (χ2v) is 8.40. The van der Waals surface area contributed by atoms with E-state index in [1.807, 2.05) is 0 Å². The Labute approximate surface area is 200 Å². The van der Waals surface area contributed by atoms with E-state index in [-0.39, 0.29) is 19.0 Å². The van der Waals surface area contributed by atoms with Crippen LogP contribution in [-0.4, -0.2) is 55.9 Å². The van der Waals surface area contributed by atoms with Crippen molar-refractivity contribution in [2.24, 2.45) is 0 Å². The Morgan fingerprint density at radius 2 is 1.63 bits per heavy atom. The van der Waals surface area contributed by atoms with E-state index in [1.54, 1.807) is 0 Å². The van der Waals surface area contributed by atoms with E-state index >= 15 is 0 Å². The van der Waals surface area contributed by atoms with Crippen molar-refractivity contribution in [1.82, 2.24) is 15.5 Å². The van der Waals surface area contributed by atoms with Crippen LogP contribution in [0.3, 0.4) is 0 Å². The summed E-state index contributed by atoms with van der Waals surface area (Å²) in [6, 6.07) is 4.43. The Morgan fingerprint density at radius 1 is 1.00 bits per heavy atom. The summed E-state index contributed by atoms with van der Waals surface area (Å²) in [7, 11) is 0. The minimum absolute atomic E-state index is 0.0469. The molecule has 1 atom stereocenters. The maximum atomic E-state index is 13.3. The number of carbonyl (C=O) groups is 1. The SMILES string of the molecule is C/C(=C\C(=C/CCNC(=O)C(NCCN1CCCCC1)c1ccc(F)cc1)C(F)(F)F)C(F)(F)F. The average molecular weight is 510 g/mol. The Balaban J connectivity index is 2.01. The Hall–Kier alpha value is -2.40. The summed E-state index contributed by atoms with van der Waals surface area (Å²) in [5, 5.41) is 5.62. The molecule has 1 heterocycles. The monoisotopic (exact) mass is 509 g/mol. The highest BCUT2D eigenvalue weighted by Gasteiger charge is 2.36. The van der Waals surface area contributed by atoms with Gasteiger partial charge in [-0.05, 0) is 63.0 Å². The molecule has 0 aliphatic carbocycles. The first-order chi connectivity index (χ1) is 16.4. The van der Waals surface area contributed by atoms with Crippen molar-refractivity contribution in [3.63, 3.8) is 0 Å². The maximum Gasteiger partial charge on any atom is 0.416 e. The lowest BCUT2D eigenvalue weighted by molar-refractivity contribution is -0.123. The third kappa shape index (κ3) is 10.0. The summed E-state index contributed by atoms with van der Waals surface area (Å²) in [5.74, 6) is -1.01. The highest BCUT2D eigenvalue weighted by molar-refractivity contribution is 5.83. The van der Waals surface area contributed by atoms with Crippen molar-refractivity contribution in [3.8, 4) is 0 Å². The second-order valence-electron chi connectivity index (χ2n) is 8.40. The number of allylic oxidation sites excluding steroid dienone is 3. The number of rotatable bonds is 10. The molecule has 1 fully saturated rings. The van der Waals surface area contributed by atoms with E-state index in [2.05, 4.69) is 15.5 Å². The summed E-state index contributed by atoms with van der Waals surface area (Å²) in [6.45, 7) is 3.44. The molecule has 0 radical (unpaired) electrons. The molecule has 35 heavy (non-hydrogen) atoms. The number of nitrogens with one attached hydrogen (secondary N) is 2. The summed E-state index contributed by atoms with van der Waals surface area (Å²) < 4.78 is 90.6. The van der Waals surface area contributed by atoms with Crippen LogP contribution in [0.1, 0.15) is 44.2 Å². The molecule has 1 unspecified atom stereocenters. The van der Waals surface area contributed by atoms with Gasteiger partial charge in [0.25, 0.3) is 0 Å². The van der Waals surface area contributed by atoms with Crippen LogP contribution in [0.5, 0.6) is 0 Å². The van der Waals surface area contributed by atoms with Crippen molar-refractivity contribution in [2.45, 2.75) is 51.0 Å². The predicted molar refractivity (Wildman–Crippen MR) is 119 cm³/mol. The topological polar surface area (TPSA) is 44.4 Å². The summed E-state index contributed by atoms with van der Waals surface area (Å²) in [4.78, 5) is 15.0. The number of hydrogen-bond donors (Lipinski definition) is 2. The van der Waals surface area contributed by atoms with Gasteiger partial charge in [0.2, 0.25) is 5.91 Å². The molecule has 2 N–H and O–H groups in total. The van der Waals surface area contributed by atoms with Crippen molar-refractivity contribution < 1.29 is 35.5 Å². The van der Waals surface area contributed by atoms with Gasteiger partial charge in [-0.3, -0.25) is 4.79 Å². The first kappa shape index (κ1) is 28.8. The van der Waals surface area contributed by atoms with Gasteiger partial charge in [0, 0.05) is 25.2 Å². The highest BCUT2D eigenvalue weighted by atomic mass is 19.4. The Bertz CT molecular complexity index is 871. The molecular formula is C24H30F7N3O. The molecule has 1 aromatic rings. The molecule has 4 nitrogen and oxygen atoms in total. The van der Waals surface area contributed by atoms with Crippen LogP contribution >= 0.6 is 0 Å². The van der Waals surface area contributed by atoms with Crippen LogP contribution in [0.2, 0.25) is 0 Å². The predicted octanol–water partition coefficient (Wildman–Crippen LogP) is 5.45. The third-order valence-corrected chi connectivity index (χ3v) is 5.64. The van der Waals surface area contributed by atoms with Crippen molar-refractivity contribution in [3.05, 3.63) is 58.9 Å². The van der Waals surface area contributed by atoms with Crippen LogP contribution in [0, 0.1) is 5.82 Å². The fraction of sp³-hybridized carbons (Fsp3) is 0.542. The van der Waals surface area contributed by atoms with Crippen LogP contribution in [0.15, 0.2) is 47.6 Å². The summed E-state index contributed by atoms with van der Waals surface area (Å²) in [5.41, 5.74) is -2.33. The molecule has 1 aliphatic rings. The molecule has 0 saturated carbocycles. The lowest BCUT2D eigenvalue weighted by Crippen LogP contribution is -2.42. The number of benzene rings is 1. The average Bonchev–Trinajstić information content (AvgIpc) is 2.78. The van der Waals surface area contributed by atoms with Crippen LogP contribution in [0.25, 0.3) is 0 Å². The van der Waals surface area contributed by atoms with Crippen LogP contribution < -0.4 is 10.6 Å². The van der Waals surface area contributed by atoms with Gasteiger partial charge in [0.15, 0.2) is 0 Å². The number of amides is 1. The van der Waals surface area contributed by atoms with Gasteiger partial charge in [0.1, 0.15) is 11.9 Å². The number of carbonyl (C=O) groups excluding carboxylic acids is 1. The van der Waals surface area contributed by atoms with Gasteiger partial charge in [-0.1, -0.05) is 24.6 Å². The molecule has 1 aliphatic heterocycles. The van der Waals surface area contributed by atoms with Gasteiger partial charge >= 0.3 is 12.4 Å². The standard InChI is InChI=1S/C24H30F7N3O/c1-17(23(26,27)28)16-19(24(29,30)31)6-5-11-33-22(35)21(18-7-9-20(25)10-8-18)32-12-15-34-13-3-2-4-14-34/h6-10,16,21,32H,2-5,11-15H2,1H3,(H,33,35)/b17-16+,19-6+. The molecule has 0 aromatic heterocycles. The van der Waals surface area contributed by atoms with E-state index in [1.165, 1.54) is 30.7 Å². The molecule has 196 valence electrons. The number of alkyl halides is 6. The molecule has 1 aromatic carbocycles. The quantitative estimate of drug-likeness (QED) is 0.251.